The van der Waals surface area contributed by atoms with Gasteiger partial charge in [-0.1, -0.05) is 18.2 Å². The molecule has 0 unspecified atom stereocenters. The molecule has 0 N–H and O–H groups in total. The Labute approximate surface area is 147 Å². The Kier molecular flexibility index (Phi) is 3.54. The summed E-state index contributed by atoms with van der Waals surface area (Å²) in [7, 11) is 0. The number of rotatable bonds is 2. The minimum absolute atomic E-state index is 0.0256. The molecular formula is C19H11N3O4. The van der Waals surface area contributed by atoms with Gasteiger partial charge < -0.3 is 0 Å². The molecule has 1 aliphatic heterocycles. The van der Waals surface area contributed by atoms with Crippen LogP contribution in [0.25, 0.3) is 0 Å². The van der Waals surface area contributed by atoms with E-state index in [2.05, 4.69) is 4.99 Å². The van der Waals surface area contributed by atoms with Gasteiger partial charge in [0.25, 0.3) is 11.6 Å². The number of nitro benzene ring substituents is 1. The molecular weight excluding hydrogens is 334 g/mol. The monoisotopic (exact) mass is 345 g/mol. The van der Waals surface area contributed by atoms with Crippen LogP contribution in [0.15, 0.2) is 71.9 Å². The molecule has 0 saturated carbocycles. The summed E-state index contributed by atoms with van der Waals surface area (Å²) in [6.45, 7) is 0. The Morgan fingerprint density at radius 2 is 1.62 bits per heavy atom. The van der Waals surface area contributed by atoms with Crippen molar-refractivity contribution in [3.63, 3.8) is 0 Å². The highest BCUT2D eigenvalue weighted by Gasteiger charge is 2.27. The molecule has 0 fully saturated rings. The van der Waals surface area contributed by atoms with E-state index >= 15 is 0 Å². The molecule has 0 saturated heterocycles. The lowest BCUT2D eigenvalue weighted by atomic mass is 9.96. The predicted molar refractivity (Wildman–Crippen MR) is 92.4 cm³/mol. The zero-order chi connectivity index (χ0) is 18.3. The summed E-state index contributed by atoms with van der Waals surface area (Å²) in [6.07, 6.45) is 1.51. The minimum Gasteiger partial charge on any atom is -0.287 e. The molecule has 26 heavy (non-hydrogen) atoms. The standard InChI is InChI=1S/C19H11N3O4/c23-18-15-3-1-2-4-16(15)19(24)21-10-9-13(11-17(18)21)20-12-5-7-14(8-6-12)22(25)26/h1-11H. The second-order valence-electron chi connectivity index (χ2n) is 5.71. The smallest absolute Gasteiger partial charge is 0.269 e. The van der Waals surface area contributed by atoms with Crippen molar-refractivity contribution in [2.75, 3.05) is 0 Å². The van der Waals surface area contributed by atoms with Crippen molar-refractivity contribution in [1.29, 1.82) is 0 Å². The number of fused-ring (bicyclic) bond motifs is 2. The number of hydrogen-bond donors (Lipinski definition) is 0. The molecule has 3 aromatic rings. The van der Waals surface area contributed by atoms with Crippen molar-refractivity contribution in [2.24, 2.45) is 4.99 Å². The van der Waals surface area contributed by atoms with Crippen LogP contribution in [-0.4, -0.2) is 21.2 Å². The maximum Gasteiger partial charge on any atom is 0.269 e. The van der Waals surface area contributed by atoms with Gasteiger partial charge in [0, 0.05) is 23.9 Å². The maximum absolute atomic E-state index is 12.7. The van der Waals surface area contributed by atoms with E-state index in [1.165, 1.54) is 41.1 Å². The Morgan fingerprint density at radius 3 is 2.31 bits per heavy atom. The first-order valence-electron chi connectivity index (χ1n) is 7.75. The summed E-state index contributed by atoms with van der Waals surface area (Å²) in [6, 6.07) is 15.6. The highest BCUT2D eigenvalue weighted by molar-refractivity contribution is 6.20. The molecule has 0 aliphatic carbocycles. The lowest BCUT2D eigenvalue weighted by molar-refractivity contribution is -0.384. The molecule has 0 amide bonds. The minimum atomic E-state index is -0.485. The van der Waals surface area contributed by atoms with Gasteiger partial charge in [0.05, 0.1) is 27.2 Å². The Hall–Kier alpha value is -3.87. The molecule has 1 aliphatic rings. The van der Waals surface area contributed by atoms with Crippen molar-refractivity contribution in [3.05, 3.63) is 99.2 Å². The van der Waals surface area contributed by atoms with Crippen LogP contribution in [0.3, 0.4) is 0 Å². The van der Waals surface area contributed by atoms with Gasteiger partial charge >= 0.3 is 0 Å². The molecule has 4 rings (SSSR count). The first kappa shape index (κ1) is 15.6. The molecule has 2 aromatic carbocycles. The zero-order valence-electron chi connectivity index (χ0n) is 13.3. The van der Waals surface area contributed by atoms with Crippen molar-refractivity contribution >= 4 is 23.1 Å². The number of ketones is 1. The van der Waals surface area contributed by atoms with Crippen LogP contribution in [0.1, 0.15) is 26.4 Å². The van der Waals surface area contributed by atoms with Crippen molar-refractivity contribution in [2.45, 2.75) is 0 Å². The van der Waals surface area contributed by atoms with Gasteiger partial charge in [-0.25, -0.2) is 4.99 Å². The van der Waals surface area contributed by atoms with E-state index in [9.17, 15) is 19.7 Å². The van der Waals surface area contributed by atoms with Crippen LogP contribution in [0.4, 0.5) is 11.4 Å². The third-order valence-corrected chi connectivity index (χ3v) is 4.11. The van der Waals surface area contributed by atoms with E-state index in [1.54, 1.807) is 30.3 Å². The van der Waals surface area contributed by atoms with E-state index in [-0.39, 0.29) is 23.1 Å². The highest BCUT2D eigenvalue weighted by Crippen LogP contribution is 2.21. The number of hydrogen-bond acceptors (Lipinski definition) is 5. The molecule has 1 aromatic heterocycles. The number of aromatic nitrogens is 1. The summed E-state index contributed by atoms with van der Waals surface area (Å²) in [4.78, 5) is 39.8. The first-order valence-corrected chi connectivity index (χ1v) is 7.75. The third kappa shape index (κ3) is 2.51. The van der Waals surface area contributed by atoms with Crippen LogP contribution < -0.4 is 5.36 Å². The van der Waals surface area contributed by atoms with Crippen molar-refractivity contribution in [3.8, 4) is 0 Å². The average Bonchev–Trinajstić information content (AvgIpc) is 2.66. The molecule has 0 atom stereocenters. The summed E-state index contributed by atoms with van der Waals surface area (Å²) in [5.74, 6) is -0.516. The third-order valence-electron chi connectivity index (χ3n) is 4.11. The second kappa shape index (κ2) is 5.89. The maximum atomic E-state index is 12.7. The van der Waals surface area contributed by atoms with E-state index in [0.29, 0.717) is 22.2 Å². The van der Waals surface area contributed by atoms with Gasteiger partial charge in [-0.15, -0.1) is 0 Å². The molecule has 0 radical (unpaired) electrons. The van der Waals surface area contributed by atoms with Crippen LogP contribution in [0, 0.1) is 10.1 Å². The molecule has 0 spiro atoms. The van der Waals surface area contributed by atoms with Gasteiger partial charge in [-0.2, -0.15) is 0 Å². The Morgan fingerprint density at radius 1 is 0.923 bits per heavy atom. The fourth-order valence-electron chi connectivity index (χ4n) is 2.84. The Bertz CT molecular complexity index is 1140. The number of nitro groups is 1. The van der Waals surface area contributed by atoms with Crippen LogP contribution in [0.5, 0.6) is 0 Å². The highest BCUT2D eigenvalue weighted by atomic mass is 16.6. The number of nitrogens with zero attached hydrogens (tertiary/aromatic N) is 3. The van der Waals surface area contributed by atoms with Gasteiger partial charge in [-0.3, -0.25) is 24.3 Å². The van der Waals surface area contributed by atoms with Gasteiger partial charge in [0.15, 0.2) is 0 Å². The summed E-state index contributed by atoms with van der Waals surface area (Å²) in [5.41, 5.74) is 1.45. The van der Waals surface area contributed by atoms with E-state index in [1.807, 2.05) is 0 Å². The lowest BCUT2D eigenvalue weighted by Gasteiger charge is -2.19. The fourth-order valence-corrected chi connectivity index (χ4v) is 2.84. The molecule has 0 bridgehead atoms. The van der Waals surface area contributed by atoms with Crippen molar-refractivity contribution < 1.29 is 14.5 Å². The predicted octanol–water partition coefficient (Wildman–Crippen LogP) is 2.86. The average molecular weight is 345 g/mol. The quantitative estimate of drug-likeness (QED) is 0.412. The SMILES string of the molecule is O=C1c2ccccc2C(=O)n2ccc(=Nc3ccc([N+](=O)[O-])cc3)cc21. The number of carbonyl (C=O) groups excluding carboxylic acids is 2. The van der Waals surface area contributed by atoms with Gasteiger partial charge in [0.1, 0.15) is 0 Å². The number of pyridine rings is 1. The molecule has 2 heterocycles. The van der Waals surface area contributed by atoms with Crippen LogP contribution in [0.2, 0.25) is 0 Å². The summed E-state index contributed by atoms with van der Waals surface area (Å²) in [5, 5.41) is 11.2. The normalized spacial score (nSPS) is 13.3. The Balaban J connectivity index is 1.79. The van der Waals surface area contributed by atoms with Gasteiger partial charge in [0.2, 0.25) is 5.78 Å². The number of benzene rings is 2. The molecule has 7 nitrogen and oxygen atoms in total. The zero-order valence-corrected chi connectivity index (χ0v) is 13.3. The number of carbonyl (C=O) groups is 2. The number of non-ortho nitro benzene ring substituents is 1. The van der Waals surface area contributed by atoms with Crippen molar-refractivity contribution in [1.82, 2.24) is 4.57 Å². The van der Waals surface area contributed by atoms with E-state index in [0.717, 1.165) is 0 Å². The second-order valence-corrected chi connectivity index (χ2v) is 5.71. The van der Waals surface area contributed by atoms with Gasteiger partial charge in [-0.05, 0) is 30.3 Å². The van der Waals surface area contributed by atoms with E-state index < -0.39 is 4.92 Å². The van der Waals surface area contributed by atoms with Crippen LogP contribution >= 0.6 is 0 Å². The first-order chi connectivity index (χ1) is 12.5. The topological polar surface area (TPSA) is 94.6 Å². The molecule has 7 heteroatoms. The molecule has 126 valence electrons. The largest absolute Gasteiger partial charge is 0.287 e. The fraction of sp³-hybridized carbons (Fsp3) is 0. The summed E-state index contributed by atoms with van der Waals surface area (Å²) >= 11 is 0. The van der Waals surface area contributed by atoms with E-state index in [4.69, 9.17) is 0 Å². The lowest BCUT2D eigenvalue weighted by Crippen LogP contribution is -2.29. The summed E-state index contributed by atoms with van der Waals surface area (Å²) < 4.78 is 1.31. The van der Waals surface area contributed by atoms with Crippen LogP contribution in [-0.2, 0) is 0 Å².